The maximum absolute atomic E-state index is 13.1. The summed E-state index contributed by atoms with van der Waals surface area (Å²) in [6.07, 6.45) is 2.82. The minimum absolute atomic E-state index is 0.213. The molecule has 4 aromatic rings. The molecular formula is C31H34F3N7. The van der Waals surface area contributed by atoms with Crippen molar-refractivity contribution in [3.63, 3.8) is 0 Å². The molecule has 0 atom stereocenters. The highest BCUT2D eigenvalue weighted by Crippen LogP contribution is 2.31. The summed E-state index contributed by atoms with van der Waals surface area (Å²) in [6, 6.07) is 15.4. The first-order valence-corrected chi connectivity index (χ1v) is 13.8. The second kappa shape index (κ2) is 12.2. The number of rotatable bonds is 8. The van der Waals surface area contributed by atoms with Gasteiger partial charge < -0.3 is 15.1 Å². The van der Waals surface area contributed by atoms with E-state index in [1.54, 1.807) is 18.5 Å². The van der Waals surface area contributed by atoms with E-state index in [1.165, 1.54) is 12.1 Å². The summed E-state index contributed by atoms with van der Waals surface area (Å²) in [5.74, 6) is 1.29. The van der Waals surface area contributed by atoms with E-state index in [0.717, 1.165) is 60.8 Å². The van der Waals surface area contributed by atoms with Crippen molar-refractivity contribution < 1.29 is 13.2 Å². The lowest BCUT2D eigenvalue weighted by molar-refractivity contribution is -0.137. The van der Waals surface area contributed by atoms with E-state index in [9.17, 15) is 13.2 Å². The Kier molecular flexibility index (Phi) is 8.49. The number of hydrogen-bond donors (Lipinski definition) is 1. The first-order valence-electron chi connectivity index (χ1n) is 13.8. The molecule has 1 fully saturated rings. The molecule has 41 heavy (non-hydrogen) atoms. The maximum atomic E-state index is 13.1. The molecule has 1 aromatic carbocycles. The average molecular weight is 562 g/mol. The van der Waals surface area contributed by atoms with Crippen molar-refractivity contribution in [2.24, 2.45) is 0 Å². The molecule has 5 rings (SSSR count). The van der Waals surface area contributed by atoms with Gasteiger partial charge in [0.05, 0.1) is 11.3 Å². The summed E-state index contributed by atoms with van der Waals surface area (Å²) >= 11 is 0. The quantitative estimate of drug-likeness (QED) is 0.251. The van der Waals surface area contributed by atoms with E-state index in [-0.39, 0.29) is 6.04 Å². The minimum atomic E-state index is -4.38. The monoisotopic (exact) mass is 561 g/mol. The van der Waals surface area contributed by atoms with Gasteiger partial charge in [-0.15, -0.1) is 0 Å². The Labute approximate surface area is 238 Å². The minimum Gasteiger partial charge on any atom is -0.340 e. The molecular weight excluding hydrogens is 527 g/mol. The molecule has 1 aliphatic heterocycles. The van der Waals surface area contributed by atoms with Crippen LogP contribution in [0.5, 0.6) is 0 Å². The zero-order valence-electron chi connectivity index (χ0n) is 23.4. The van der Waals surface area contributed by atoms with Gasteiger partial charge in [-0.25, -0.2) is 15.0 Å². The van der Waals surface area contributed by atoms with E-state index in [4.69, 9.17) is 4.98 Å². The molecule has 0 spiro atoms. The van der Waals surface area contributed by atoms with E-state index in [2.05, 4.69) is 43.9 Å². The molecule has 0 amide bonds. The van der Waals surface area contributed by atoms with Gasteiger partial charge in [0.25, 0.3) is 0 Å². The molecule has 0 unspecified atom stereocenters. The Balaban J connectivity index is 1.39. The third kappa shape index (κ3) is 7.18. The lowest BCUT2D eigenvalue weighted by atomic mass is 10.0. The van der Waals surface area contributed by atoms with Crippen molar-refractivity contribution in [3.8, 4) is 11.3 Å². The number of hydrogen-bond acceptors (Lipinski definition) is 7. The lowest BCUT2D eigenvalue weighted by Gasteiger charge is -2.40. The van der Waals surface area contributed by atoms with Crippen LogP contribution in [0, 0.1) is 6.92 Å². The second-order valence-corrected chi connectivity index (χ2v) is 10.7. The molecule has 214 valence electrons. The number of aryl methyl sites for hydroxylation is 1. The van der Waals surface area contributed by atoms with Crippen molar-refractivity contribution in [2.75, 3.05) is 23.3 Å². The predicted molar refractivity (Wildman–Crippen MR) is 155 cm³/mol. The van der Waals surface area contributed by atoms with Crippen LogP contribution in [0.2, 0.25) is 0 Å². The Morgan fingerprint density at radius 3 is 2.32 bits per heavy atom. The van der Waals surface area contributed by atoms with E-state index in [1.807, 2.05) is 37.4 Å². The van der Waals surface area contributed by atoms with Gasteiger partial charge in [-0.2, -0.15) is 13.2 Å². The summed E-state index contributed by atoms with van der Waals surface area (Å²) in [6.45, 7) is 8.88. The van der Waals surface area contributed by atoms with Crippen molar-refractivity contribution in [1.82, 2.24) is 24.8 Å². The summed E-state index contributed by atoms with van der Waals surface area (Å²) < 4.78 is 39.3. The van der Waals surface area contributed by atoms with E-state index >= 15 is 0 Å². The maximum Gasteiger partial charge on any atom is 0.416 e. The first kappa shape index (κ1) is 28.5. The van der Waals surface area contributed by atoms with Gasteiger partial charge in [0.15, 0.2) is 0 Å². The Morgan fingerprint density at radius 2 is 1.68 bits per heavy atom. The summed E-state index contributed by atoms with van der Waals surface area (Å²) in [4.78, 5) is 23.0. The molecule has 0 bridgehead atoms. The zero-order chi connectivity index (χ0) is 29.0. The number of nitrogens with zero attached hydrogens (tertiary/aromatic N) is 6. The topological polar surface area (TPSA) is 70.1 Å². The van der Waals surface area contributed by atoms with E-state index < -0.39 is 11.7 Å². The van der Waals surface area contributed by atoms with Gasteiger partial charge >= 0.3 is 6.18 Å². The van der Waals surface area contributed by atoms with Gasteiger partial charge in [-0.05, 0) is 75.6 Å². The molecule has 1 aliphatic rings. The second-order valence-electron chi connectivity index (χ2n) is 10.7. The van der Waals surface area contributed by atoms with E-state index in [0.29, 0.717) is 29.8 Å². The Bertz CT molecular complexity index is 1430. The van der Waals surface area contributed by atoms with Gasteiger partial charge in [0.2, 0.25) is 5.95 Å². The lowest BCUT2D eigenvalue weighted by Crippen LogP contribution is -2.47. The number of aromatic nitrogens is 4. The van der Waals surface area contributed by atoms with Crippen LogP contribution in [-0.2, 0) is 12.7 Å². The zero-order valence-corrected chi connectivity index (χ0v) is 23.4. The van der Waals surface area contributed by atoms with Crippen LogP contribution < -0.4 is 10.2 Å². The smallest absolute Gasteiger partial charge is 0.340 e. The summed E-state index contributed by atoms with van der Waals surface area (Å²) in [5, 5.41) is 3.31. The average Bonchev–Trinajstić information content (AvgIpc) is 2.96. The molecule has 10 heteroatoms. The SMILES string of the molecule is Cc1cc(Nc2ccc(CN(c3nccc(-c4ccc(C(F)(F)F)cc4)n3)C3CCN(C(C)C)CC3)cn2)ccn1. The standard InChI is InChI=1S/C31H34F3N7/c1-21(2)40-16-12-27(13-17-40)41(20-23-4-9-29(37-19-23)38-26-10-14-35-22(3)18-26)30-36-15-11-28(39-30)24-5-7-25(8-6-24)31(32,33)34/h4-11,14-15,18-19,21,27H,12-13,16-17,20H2,1-3H3,(H,35,37,38). The van der Waals surface area contributed by atoms with Crippen molar-refractivity contribution >= 4 is 17.5 Å². The fourth-order valence-electron chi connectivity index (χ4n) is 5.11. The van der Waals surface area contributed by atoms with Gasteiger partial charge in [0, 0.05) is 67.3 Å². The Hall–Kier alpha value is -4.05. The summed E-state index contributed by atoms with van der Waals surface area (Å²) in [7, 11) is 0. The highest BCUT2D eigenvalue weighted by Gasteiger charge is 2.30. The van der Waals surface area contributed by atoms with Crippen molar-refractivity contribution in [3.05, 3.63) is 90.0 Å². The van der Waals surface area contributed by atoms with Gasteiger partial charge in [-0.1, -0.05) is 18.2 Å². The third-order valence-corrected chi connectivity index (χ3v) is 7.42. The van der Waals surface area contributed by atoms with Crippen LogP contribution in [0.3, 0.4) is 0 Å². The van der Waals surface area contributed by atoms with Crippen LogP contribution in [0.4, 0.5) is 30.6 Å². The highest BCUT2D eigenvalue weighted by molar-refractivity contribution is 5.61. The van der Waals surface area contributed by atoms with Crippen LogP contribution in [0.15, 0.2) is 73.2 Å². The fraction of sp³-hybridized carbons (Fsp3) is 0.355. The highest BCUT2D eigenvalue weighted by atomic mass is 19.4. The number of alkyl halides is 3. The number of halogens is 3. The van der Waals surface area contributed by atoms with Gasteiger partial charge in [0.1, 0.15) is 5.82 Å². The number of likely N-dealkylation sites (tertiary alicyclic amines) is 1. The molecule has 3 aromatic heterocycles. The number of piperidine rings is 1. The Morgan fingerprint density at radius 1 is 0.951 bits per heavy atom. The first-order chi connectivity index (χ1) is 19.7. The molecule has 1 saturated heterocycles. The molecule has 0 radical (unpaired) electrons. The molecule has 7 nitrogen and oxygen atoms in total. The normalized spacial score (nSPS) is 14.8. The number of anilines is 3. The fourth-order valence-corrected chi connectivity index (χ4v) is 5.11. The number of nitrogens with one attached hydrogen (secondary N) is 1. The number of pyridine rings is 2. The van der Waals surface area contributed by atoms with Gasteiger partial charge in [-0.3, -0.25) is 4.98 Å². The summed E-state index contributed by atoms with van der Waals surface area (Å²) in [5.41, 5.74) is 3.36. The molecule has 0 aliphatic carbocycles. The molecule has 0 saturated carbocycles. The molecule has 4 heterocycles. The predicted octanol–water partition coefficient (Wildman–Crippen LogP) is 6.88. The third-order valence-electron chi connectivity index (χ3n) is 7.42. The largest absolute Gasteiger partial charge is 0.416 e. The number of benzene rings is 1. The van der Waals surface area contributed by atoms with Crippen LogP contribution >= 0.6 is 0 Å². The van der Waals surface area contributed by atoms with Crippen LogP contribution in [-0.4, -0.2) is 50.0 Å². The van der Waals surface area contributed by atoms with Crippen molar-refractivity contribution in [2.45, 2.75) is 58.4 Å². The van der Waals surface area contributed by atoms with Crippen molar-refractivity contribution in [1.29, 1.82) is 0 Å². The molecule has 1 N–H and O–H groups in total. The van der Waals surface area contributed by atoms with Crippen LogP contribution in [0.1, 0.15) is 43.5 Å². The van der Waals surface area contributed by atoms with Crippen LogP contribution in [0.25, 0.3) is 11.3 Å².